The van der Waals surface area contributed by atoms with E-state index in [1.54, 1.807) is 11.6 Å². The molecule has 158 valence electrons. The fraction of sp³-hybridized carbons (Fsp3) is 0.250. The molecule has 0 saturated heterocycles. The van der Waals surface area contributed by atoms with E-state index in [2.05, 4.69) is 15.5 Å². The summed E-state index contributed by atoms with van der Waals surface area (Å²) in [7, 11) is 0. The third kappa shape index (κ3) is 3.52. The summed E-state index contributed by atoms with van der Waals surface area (Å²) in [5, 5.41) is 12.7. The summed E-state index contributed by atoms with van der Waals surface area (Å²) in [6, 6.07) is 14.7. The second-order valence-electron chi connectivity index (χ2n) is 7.82. The van der Waals surface area contributed by atoms with Crippen LogP contribution < -0.4 is 10.9 Å². The van der Waals surface area contributed by atoms with Crippen molar-refractivity contribution < 1.29 is 4.79 Å². The van der Waals surface area contributed by atoms with E-state index in [4.69, 9.17) is 0 Å². The van der Waals surface area contributed by atoms with Gasteiger partial charge < -0.3 is 5.32 Å². The Hall–Kier alpha value is -3.74. The van der Waals surface area contributed by atoms with Crippen LogP contribution in [-0.2, 0) is 4.79 Å². The number of rotatable bonds is 4. The summed E-state index contributed by atoms with van der Waals surface area (Å²) in [5.41, 5.74) is 4.96. The monoisotopic (exact) mass is 415 g/mol. The van der Waals surface area contributed by atoms with Gasteiger partial charge in [-0.1, -0.05) is 36.4 Å². The number of para-hydroxylation sites is 2. The van der Waals surface area contributed by atoms with E-state index in [9.17, 15) is 9.59 Å². The summed E-state index contributed by atoms with van der Waals surface area (Å²) >= 11 is 0. The lowest BCUT2D eigenvalue weighted by molar-refractivity contribution is -0.119. The summed E-state index contributed by atoms with van der Waals surface area (Å²) in [6.07, 6.45) is 0. The van der Waals surface area contributed by atoms with Gasteiger partial charge in [0.05, 0.1) is 22.5 Å². The van der Waals surface area contributed by atoms with Crippen LogP contribution in [0.5, 0.6) is 0 Å². The maximum atomic E-state index is 13.3. The molecule has 1 atom stereocenters. The van der Waals surface area contributed by atoms with Crippen LogP contribution in [0.4, 0.5) is 5.69 Å². The molecular weight excluding hydrogens is 390 g/mol. The van der Waals surface area contributed by atoms with Gasteiger partial charge in [0.15, 0.2) is 5.52 Å². The van der Waals surface area contributed by atoms with Gasteiger partial charge in [-0.2, -0.15) is 10.2 Å². The molecule has 0 spiro atoms. The van der Waals surface area contributed by atoms with Gasteiger partial charge in [0, 0.05) is 5.69 Å². The van der Waals surface area contributed by atoms with Gasteiger partial charge >= 0.3 is 0 Å². The van der Waals surface area contributed by atoms with E-state index in [0.29, 0.717) is 16.6 Å². The molecule has 4 rings (SSSR count). The number of aryl methyl sites for hydroxylation is 4. The number of hydrogen-bond donors (Lipinski definition) is 1. The third-order valence-electron chi connectivity index (χ3n) is 5.62. The van der Waals surface area contributed by atoms with Crippen LogP contribution in [0.1, 0.15) is 35.5 Å². The Kier molecular flexibility index (Phi) is 5.19. The molecule has 31 heavy (non-hydrogen) atoms. The van der Waals surface area contributed by atoms with Gasteiger partial charge in [-0.15, -0.1) is 0 Å². The lowest BCUT2D eigenvalue weighted by Gasteiger charge is -2.17. The molecule has 2 aromatic heterocycles. The fourth-order valence-corrected chi connectivity index (χ4v) is 3.88. The molecule has 7 nitrogen and oxygen atoms in total. The first-order chi connectivity index (χ1) is 14.8. The number of fused-ring (bicyclic) bond motifs is 1. The summed E-state index contributed by atoms with van der Waals surface area (Å²) in [5.74, 6) is -0.301. The highest BCUT2D eigenvalue weighted by molar-refractivity contribution is 5.95. The van der Waals surface area contributed by atoms with Crippen LogP contribution in [0.25, 0.3) is 16.6 Å². The standard InChI is InChI=1S/C24H25N5O2/c1-14-10-9-11-15(2)21(14)25-23(30)18(5)29-24(31)22-20(16(3)26-29)17(4)28(27-22)19-12-7-6-8-13-19/h6-13,18H,1-5H3,(H,25,30)/t18-/m1/s1. The molecule has 0 bridgehead atoms. The van der Waals surface area contributed by atoms with Crippen LogP contribution >= 0.6 is 0 Å². The van der Waals surface area contributed by atoms with Crippen LogP contribution in [0, 0.1) is 27.7 Å². The Morgan fingerprint density at radius 1 is 0.935 bits per heavy atom. The number of aromatic nitrogens is 4. The molecular formula is C24H25N5O2. The minimum absolute atomic E-state index is 0.301. The highest BCUT2D eigenvalue weighted by Crippen LogP contribution is 2.23. The molecule has 0 unspecified atom stereocenters. The van der Waals surface area contributed by atoms with E-state index in [1.165, 1.54) is 4.68 Å². The van der Waals surface area contributed by atoms with Crippen LogP contribution in [0.2, 0.25) is 0 Å². The Morgan fingerprint density at radius 3 is 2.23 bits per heavy atom. The van der Waals surface area contributed by atoms with Gasteiger partial charge in [-0.3, -0.25) is 9.59 Å². The summed E-state index contributed by atoms with van der Waals surface area (Å²) in [6.45, 7) is 9.29. The molecule has 0 saturated carbocycles. The average molecular weight is 415 g/mol. The zero-order chi connectivity index (χ0) is 22.3. The molecule has 7 heteroatoms. The molecule has 0 aliphatic carbocycles. The highest BCUT2D eigenvalue weighted by Gasteiger charge is 2.23. The number of nitrogens with one attached hydrogen (secondary N) is 1. The number of hydrogen-bond acceptors (Lipinski definition) is 4. The number of carbonyl (C=O) groups excluding carboxylic acids is 1. The quantitative estimate of drug-likeness (QED) is 0.546. The van der Waals surface area contributed by atoms with Crippen molar-refractivity contribution >= 4 is 22.5 Å². The first kappa shape index (κ1) is 20.5. The van der Waals surface area contributed by atoms with E-state index < -0.39 is 6.04 Å². The number of nitrogens with zero attached hydrogens (tertiary/aromatic N) is 4. The largest absolute Gasteiger partial charge is 0.324 e. The van der Waals surface area contributed by atoms with E-state index in [1.807, 2.05) is 76.2 Å². The first-order valence-corrected chi connectivity index (χ1v) is 10.2. The summed E-state index contributed by atoms with van der Waals surface area (Å²) in [4.78, 5) is 26.2. The first-order valence-electron chi connectivity index (χ1n) is 10.2. The van der Waals surface area contributed by atoms with E-state index in [0.717, 1.165) is 28.2 Å². The van der Waals surface area contributed by atoms with Crippen molar-refractivity contribution in [3.8, 4) is 5.69 Å². The Morgan fingerprint density at radius 2 is 1.58 bits per heavy atom. The van der Waals surface area contributed by atoms with Gasteiger partial charge in [0.25, 0.3) is 5.56 Å². The van der Waals surface area contributed by atoms with Crippen molar-refractivity contribution in [2.24, 2.45) is 0 Å². The second-order valence-corrected chi connectivity index (χ2v) is 7.82. The topological polar surface area (TPSA) is 81.8 Å². The number of anilines is 1. The molecule has 0 radical (unpaired) electrons. The molecule has 2 aromatic carbocycles. The van der Waals surface area contributed by atoms with Crippen molar-refractivity contribution in [3.63, 3.8) is 0 Å². The molecule has 1 N–H and O–H groups in total. The van der Waals surface area contributed by atoms with Gasteiger partial charge in [0.1, 0.15) is 6.04 Å². The number of carbonyl (C=O) groups is 1. The lowest BCUT2D eigenvalue weighted by atomic mass is 10.1. The van der Waals surface area contributed by atoms with Crippen molar-refractivity contribution in [3.05, 3.63) is 81.4 Å². The van der Waals surface area contributed by atoms with Crippen LogP contribution in [-0.4, -0.2) is 25.5 Å². The van der Waals surface area contributed by atoms with Crippen molar-refractivity contribution in [1.29, 1.82) is 0 Å². The molecule has 2 heterocycles. The Labute approximate surface area is 180 Å². The highest BCUT2D eigenvalue weighted by atomic mass is 16.2. The number of amides is 1. The number of benzene rings is 2. The Bertz CT molecular complexity index is 1330. The molecule has 4 aromatic rings. The zero-order valence-electron chi connectivity index (χ0n) is 18.3. The van der Waals surface area contributed by atoms with Gasteiger partial charge in [-0.05, 0) is 57.9 Å². The van der Waals surface area contributed by atoms with Crippen molar-refractivity contribution in [1.82, 2.24) is 19.6 Å². The Balaban J connectivity index is 1.77. The van der Waals surface area contributed by atoms with Gasteiger partial charge in [-0.25, -0.2) is 9.36 Å². The molecule has 1 amide bonds. The SMILES string of the molecule is Cc1cccc(C)c1NC(=O)[C@@H](C)n1nc(C)c2c(C)n(-c3ccccc3)nc2c1=O. The van der Waals surface area contributed by atoms with E-state index in [-0.39, 0.29) is 11.5 Å². The maximum absolute atomic E-state index is 13.3. The minimum atomic E-state index is -0.795. The fourth-order valence-electron chi connectivity index (χ4n) is 3.88. The van der Waals surface area contributed by atoms with Crippen LogP contribution in [0.3, 0.4) is 0 Å². The molecule has 0 fully saturated rings. The molecule has 0 aliphatic rings. The van der Waals surface area contributed by atoms with Crippen molar-refractivity contribution in [2.45, 2.75) is 40.7 Å². The third-order valence-corrected chi connectivity index (χ3v) is 5.62. The maximum Gasteiger partial charge on any atom is 0.295 e. The lowest BCUT2D eigenvalue weighted by Crippen LogP contribution is -2.34. The van der Waals surface area contributed by atoms with Crippen LogP contribution in [0.15, 0.2) is 53.3 Å². The van der Waals surface area contributed by atoms with Crippen molar-refractivity contribution in [2.75, 3.05) is 5.32 Å². The predicted octanol–water partition coefficient (Wildman–Crippen LogP) is 4.02. The minimum Gasteiger partial charge on any atom is -0.324 e. The average Bonchev–Trinajstić information content (AvgIpc) is 3.11. The van der Waals surface area contributed by atoms with E-state index >= 15 is 0 Å². The molecule has 0 aliphatic heterocycles. The second kappa shape index (κ2) is 7.83. The normalized spacial score (nSPS) is 12.2. The smallest absolute Gasteiger partial charge is 0.295 e. The predicted molar refractivity (Wildman–Crippen MR) is 122 cm³/mol. The zero-order valence-corrected chi connectivity index (χ0v) is 18.3. The van der Waals surface area contributed by atoms with Gasteiger partial charge in [0.2, 0.25) is 5.91 Å². The summed E-state index contributed by atoms with van der Waals surface area (Å²) < 4.78 is 2.97.